The molecule has 0 aliphatic rings. The molecule has 1 heterocycles. The van der Waals surface area contributed by atoms with Gasteiger partial charge in [0.15, 0.2) is 5.13 Å². The summed E-state index contributed by atoms with van der Waals surface area (Å²) in [5, 5.41) is 8.26. The molecule has 3 aromatic rings. The molecule has 3 rings (SSSR count). The Morgan fingerprint density at radius 3 is 2.62 bits per heavy atom. The summed E-state index contributed by atoms with van der Waals surface area (Å²) in [7, 11) is 1.58. The topological polar surface area (TPSA) is 92.4 Å². The van der Waals surface area contributed by atoms with Gasteiger partial charge in [-0.2, -0.15) is 0 Å². The third kappa shape index (κ3) is 5.52. The maximum absolute atomic E-state index is 12.9. The Hall–Kier alpha value is -3.46. The van der Waals surface area contributed by atoms with Gasteiger partial charge in [-0.25, -0.2) is 14.2 Å². The number of carbonyl (C=O) groups excluding carboxylic acids is 2. The highest BCUT2D eigenvalue weighted by atomic mass is 32.1. The van der Waals surface area contributed by atoms with Crippen LogP contribution in [0.4, 0.5) is 20.0 Å². The first-order valence-corrected chi connectivity index (χ1v) is 9.48. The molecule has 0 fully saturated rings. The molecule has 2 aromatic carbocycles. The zero-order valence-corrected chi connectivity index (χ0v) is 16.6. The number of nitrogens with zero attached hydrogens (tertiary/aromatic N) is 1. The SMILES string of the molecule is COc1cccc(CNC(=O)c2sc(NC(=O)Nc3ccc(F)cc3)nc2C)c1. The lowest BCUT2D eigenvalue weighted by Gasteiger charge is -2.06. The summed E-state index contributed by atoms with van der Waals surface area (Å²) in [6.45, 7) is 2.03. The maximum atomic E-state index is 12.9. The summed E-state index contributed by atoms with van der Waals surface area (Å²) < 4.78 is 18.1. The van der Waals surface area contributed by atoms with Crippen LogP contribution >= 0.6 is 11.3 Å². The van der Waals surface area contributed by atoms with Gasteiger partial charge in [-0.3, -0.25) is 10.1 Å². The molecular formula is C20H19FN4O3S. The number of nitrogens with one attached hydrogen (secondary N) is 3. The molecule has 0 saturated carbocycles. The Morgan fingerprint density at radius 1 is 1.14 bits per heavy atom. The summed E-state index contributed by atoms with van der Waals surface area (Å²) >= 11 is 1.07. The summed E-state index contributed by atoms with van der Waals surface area (Å²) in [6.07, 6.45) is 0. The predicted molar refractivity (Wildman–Crippen MR) is 110 cm³/mol. The van der Waals surface area contributed by atoms with Crippen molar-refractivity contribution in [3.63, 3.8) is 0 Å². The minimum atomic E-state index is -0.534. The van der Waals surface area contributed by atoms with Gasteiger partial charge in [-0.1, -0.05) is 23.5 Å². The van der Waals surface area contributed by atoms with E-state index < -0.39 is 11.8 Å². The number of methoxy groups -OCH3 is 1. The van der Waals surface area contributed by atoms with E-state index in [1.807, 2.05) is 24.3 Å². The quantitative estimate of drug-likeness (QED) is 0.564. The largest absolute Gasteiger partial charge is 0.497 e. The minimum absolute atomic E-state index is 0.283. The fourth-order valence-electron chi connectivity index (χ4n) is 2.50. The van der Waals surface area contributed by atoms with E-state index in [9.17, 15) is 14.0 Å². The van der Waals surface area contributed by atoms with Crippen LogP contribution in [0, 0.1) is 12.7 Å². The van der Waals surface area contributed by atoms with Crippen LogP contribution in [0.15, 0.2) is 48.5 Å². The first-order valence-electron chi connectivity index (χ1n) is 8.66. The molecular weight excluding hydrogens is 395 g/mol. The van der Waals surface area contributed by atoms with E-state index in [0.717, 1.165) is 16.9 Å². The van der Waals surface area contributed by atoms with E-state index in [4.69, 9.17) is 4.74 Å². The number of thiazole rings is 1. The molecule has 0 bridgehead atoms. The van der Waals surface area contributed by atoms with Crippen LogP contribution in [-0.4, -0.2) is 24.0 Å². The van der Waals surface area contributed by atoms with Crippen molar-refractivity contribution in [3.05, 3.63) is 70.5 Å². The van der Waals surface area contributed by atoms with Crippen molar-refractivity contribution >= 4 is 34.1 Å². The number of hydrogen-bond donors (Lipinski definition) is 3. The molecule has 0 aliphatic heterocycles. The number of amides is 3. The summed E-state index contributed by atoms with van der Waals surface area (Å²) in [5.41, 5.74) is 1.85. The molecule has 7 nitrogen and oxygen atoms in total. The van der Waals surface area contributed by atoms with Crippen molar-refractivity contribution in [2.75, 3.05) is 17.7 Å². The highest BCUT2D eigenvalue weighted by molar-refractivity contribution is 7.17. The Kier molecular flexibility index (Phi) is 6.40. The van der Waals surface area contributed by atoms with Crippen LogP contribution in [0.5, 0.6) is 5.75 Å². The average Bonchev–Trinajstić information content (AvgIpc) is 3.08. The van der Waals surface area contributed by atoms with Gasteiger partial charge in [-0.05, 0) is 48.9 Å². The normalized spacial score (nSPS) is 10.3. The van der Waals surface area contributed by atoms with Crippen molar-refractivity contribution in [1.29, 1.82) is 0 Å². The summed E-state index contributed by atoms with van der Waals surface area (Å²) in [5.74, 6) is 0.0373. The van der Waals surface area contributed by atoms with Gasteiger partial charge in [0, 0.05) is 12.2 Å². The van der Waals surface area contributed by atoms with Crippen molar-refractivity contribution < 1.29 is 18.7 Å². The van der Waals surface area contributed by atoms with Crippen LogP contribution in [0.3, 0.4) is 0 Å². The van der Waals surface area contributed by atoms with Crippen molar-refractivity contribution in [1.82, 2.24) is 10.3 Å². The molecule has 3 amide bonds. The van der Waals surface area contributed by atoms with Gasteiger partial charge in [0.05, 0.1) is 12.8 Å². The van der Waals surface area contributed by atoms with Crippen LogP contribution in [0.25, 0.3) is 0 Å². The predicted octanol–water partition coefficient (Wildman–Crippen LogP) is 4.17. The van der Waals surface area contributed by atoms with E-state index in [-0.39, 0.29) is 11.0 Å². The fraction of sp³-hybridized carbons (Fsp3) is 0.150. The Balaban J connectivity index is 1.59. The third-order valence-corrected chi connectivity index (χ3v) is 4.98. The van der Waals surface area contributed by atoms with E-state index in [0.29, 0.717) is 28.6 Å². The molecule has 0 unspecified atom stereocenters. The number of hydrogen-bond acceptors (Lipinski definition) is 5. The zero-order chi connectivity index (χ0) is 20.8. The monoisotopic (exact) mass is 414 g/mol. The first kappa shape index (κ1) is 20.3. The Labute approximate surface area is 170 Å². The van der Waals surface area contributed by atoms with E-state index in [1.54, 1.807) is 14.0 Å². The fourth-order valence-corrected chi connectivity index (χ4v) is 3.38. The molecule has 150 valence electrons. The lowest BCUT2D eigenvalue weighted by molar-refractivity contribution is 0.0954. The average molecular weight is 414 g/mol. The van der Waals surface area contributed by atoms with Crippen LogP contribution < -0.4 is 20.7 Å². The van der Waals surface area contributed by atoms with Gasteiger partial charge in [-0.15, -0.1) is 0 Å². The number of anilines is 2. The van der Waals surface area contributed by atoms with Gasteiger partial charge in [0.2, 0.25) is 0 Å². The Morgan fingerprint density at radius 2 is 1.90 bits per heavy atom. The second-order valence-corrected chi connectivity index (χ2v) is 7.05. The molecule has 0 atom stereocenters. The van der Waals surface area contributed by atoms with Crippen molar-refractivity contribution in [3.8, 4) is 5.75 Å². The maximum Gasteiger partial charge on any atom is 0.325 e. The molecule has 9 heteroatoms. The second kappa shape index (κ2) is 9.16. The summed E-state index contributed by atoms with van der Waals surface area (Å²) in [6, 6.07) is 12.2. The zero-order valence-electron chi connectivity index (χ0n) is 15.8. The minimum Gasteiger partial charge on any atom is -0.497 e. The molecule has 1 aromatic heterocycles. The molecule has 0 spiro atoms. The van der Waals surface area contributed by atoms with Crippen LogP contribution in [0.2, 0.25) is 0 Å². The molecule has 29 heavy (non-hydrogen) atoms. The second-order valence-electron chi connectivity index (χ2n) is 6.05. The lowest BCUT2D eigenvalue weighted by Crippen LogP contribution is -2.22. The third-order valence-electron chi connectivity index (χ3n) is 3.91. The first-order chi connectivity index (χ1) is 13.9. The number of aromatic nitrogens is 1. The van der Waals surface area contributed by atoms with E-state index in [1.165, 1.54) is 24.3 Å². The molecule has 0 saturated heterocycles. The Bertz CT molecular complexity index is 1020. The van der Waals surface area contributed by atoms with Crippen molar-refractivity contribution in [2.24, 2.45) is 0 Å². The molecule has 0 aliphatic carbocycles. The highest BCUT2D eigenvalue weighted by Gasteiger charge is 2.16. The number of aryl methyl sites for hydroxylation is 1. The van der Waals surface area contributed by atoms with Crippen LogP contribution in [-0.2, 0) is 6.54 Å². The standard InChI is InChI=1S/C20H19FN4O3S/c1-12-17(18(26)22-11-13-4-3-5-16(10-13)28-2)29-20(23-12)25-19(27)24-15-8-6-14(21)7-9-15/h3-10H,11H2,1-2H3,(H,22,26)(H2,23,24,25,27). The van der Waals surface area contributed by atoms with Gasteiger partial charge < -0.3 is 15.4 Å². The van der Waals surface area contributed by atoms with Crippen molar-refractivity contribution in [2.45, 2.75) is 13.5 Å². The van der Waals surface area contributed by atoms with Gasteiger partial charge in [0.1, 0.15) is 16.4 Å². The highest BCUT2D eigenvalue weighted by Crippen LogP contribution is 2.23. The lowest BCUT2D eigenvalue weighted by atomic mass is 10.2. The number of urea groups is 1. The van der Waals surface area contributed by atoms with E-state index >= 15 is 0 Å². The number of rotatable bonds is 6. The summed E-state index contributed by atoms with van der Waals surface area (Å²) in [4.78, 5) is 29.2. The number of ether oxygens (including phenoxy) is 1. The smallest absolute Gasteiger partial charge is 0.325 e. The molecule has 3 N–H and O–H groups in total. The van der Waals surface area contributed by atoms with Crippen LogP contribution in [0.1, 0.15) is 20.9 Å². The van der Waals surface area contributed by atoms with Gasteiger partial charge in [0.25, 0.3) is 5.91 Å². The van der Waals surface area contributed by atoms with E-state index in [2.05, 4.69) is 20.9 Å². The number of benzene rings is 2. The van der Waals surface area contributed by atoms with Gasteiger partial charge >= 0.3 is 6.03 Å². The number of carbonyl (C=O) groups is 2. The number of halogens is 1. The molecule has 0 radical (unpaired) electrons.